The fraction of sp³-hybridized carbons (Fsp3) is 0.200. The summed E-state index contributed by atoms with van der Waals surface area (Å²) in [4.78, 5) is 19.2. The summed E-state index contributed by atoms with van der Waals surface area (Å²) in [6.45, 7) is 2.28. The minimum Gasteiger partial charge on any atom is -0.444 e. The van der Waals surface area contributed by atoms with Gasteiger partial charge < -0.3 is 14.7 Å². The van der Waals surface area contributed by atoms with Crippen LogP contribution in [0.1, 0.15) is 29.1 Å². The van der Waals surface area contributed by atoms with E-state index in [1.165, 1.54) is 0 Å². The first-order chi connectivity index (χ1) is 9.76. The van der Waals surface area contributed by atoms with Crippen molar-refractivity contribution < 1.29 is 9.21 Å². The Kier molecular flexibility index (Phi) is 3.25. The van der Waals surface area contributed by atoms with Gasteiger partial charge in [0.1, 0.15) is 11.5 Å². The van der Waals surface area contributed by atoms with Crippen molar-refractivity contribution >= 4 is 16.8 Å². The van der Waals surface area contributed by atoms with Gasteiger partial charge in [-0.2, -0.15) is 0 Å². The van der Waals surface area contributed by atoms with Crippen LogP contribution in [-0.2, 0) is 13.0 Å². The maximum atomic E-state index is 12.1. The average Bonchev–Trinajstić information content (AvgIpc) is 3.10. The lowest BCUT2D eigenvalue weighted by molar-refractivity contribution is 0.0943. The molecule has 2 N–H and O–H groups in total. The molecule has 1 amide bonds. The molecule has 0 unspecified atom stereocenters. The molecule has 5 heteroatoms. The molecule has 0 fully saturated rings. The number of nitrogens with zero attached hydrogens (tertiary/aromatic N) is 1. The molecule has 0 saturated carbocycles. The van der Waals surface area contributed by atoms with Crippen molar-refractivity contribution in [2.24, 2.45) is 0 Å². The molecular formula is C15H15N3O2. The highest BCUT2D eigenvalue weighted by atomic mass is 16.4. The second kappa shape index (κ2) is 5.21. The molecule has 0 saturated heterocycles. The van der Waals surface area contributed by atoms with Gasteiger partial charge >= 0.3 is 0 Å². The maximum Gasteiger partial charge on any atom is 0.268 e. The quantitative estimate of drug-likeness (QED) is 0.765. The monoisotopic (exact) mass is 269 g/mol. The third kappa shape index (κ3) is 2.42. The van der Waals surface area contributed by atoms with Gasteiger partial charge in [0.25, 0.3) is 5.91 Å². The van der Waals surface area contributed by atoms with Crippen LogP contribution < -0.4 is 5.32 Å². The van der Waals surface area contributed by atoms with Crippen LogP contribution in [0, 0.1) is 0 Å². The number of rotatable bonds is 4. The van der Waals surface area contributed by atoms with Gasteiger partial charge in [0.15, 0.2) is 0 Å². The molecule has 2 heterocycles. The zero-order chi connectivity index (χ0) is 13.9. The van der Waals surface area contributed by atoms with E-state index in [9.17, 15) is 4.79 Å². The standard InChI is InChI=1S/C15H15N3O2/c1-2-11-8-16-14(20-11)9-17-15(19)13-7-10-5-3-4-6-12(10)18-13/h3-8,18H,2,9H2,1H3,(H,17,19). The summed E-state index contributed by atoms with van der Waals surface area (Å²) in [5, 5.41) is 3.80. The zero-order valence-corrected chi connectivity index (χ0v) is 11.1. The summed E-state index contributed by atoms with van der Waals surface area (Å²) in [6, 6.07) is 9.60. The Morgan fingerprint density at radius 2 is 2.25 bits per heavy atom. The molecule has 3 rings (SSSR count). The molecule has 1 aromatic carbocycles. The van der Waals surface area contributed by atoms with Crippen LogP contribution in [0.3, 0.4) is 0 Å². The number of hydrogen-bond acceptors (Lipinski definition) is 3. The molecule has 0 aliphatic carbocycles. The normalized spacial score (nSPS) is 10.8. The summed E-state index contributed by atoms with van der Waals surface area (Å²) >= 11 is 0. The van der Waals surface area contributed by atoms with Crippen molar-refractivity contribution in [3.63, 3.8) is 0 Å². The predicted molar refractivity (Wildman–Crippen MR) is 75.3 cm³/mol. The van der Waals surface area contributed by atoms with Gasteiger partial charge in [-0.15, -0.1) is 0 Å². The number of amides is 1. The summed E-state index contributed by atoms with van der Waals surface area (Å²) in [5.74, 6) is 1.17. The largest absolute Gasteiger partial charge is 0.444 e. The summed E-state index contributed by atoms with van der Waals surface area (Å²) in [5.41, 5.74) is 1.48. The van der Waals surface area contributed by atoms with Crippen molar-refractivity contribution in [2.45, 2.75) is 19.9 Å². The Morgan fingerprint density at radius 3 is 3.00 bits per heavy atom. The number of H-pyrrole nitrogens is 1. The second-order valence-electron chi connectivity index (χ2n) is 4.53. The molecule has 0 bridgehead atoms. The predicted octanol–water partition coefficient (Wildman–Crippen LogP) is 2.65. The number of aromatic amines is 1. The number of aryl methyl sites for hydroxylation is 1. The number of aromatic nitrogens is 2. The minimum atomic E-state index is -0.169. The van der Waals surface area contributed by atoms with Crippen molar-refractivity contribution in [3.8, 4) is 0 Å². The SMILES string of the molecule is CCc1cnc(CNC(=O)c2cc3ccccc3[nH]2)o1. The number of fused-ring (bicyclic) bond motifs is 1. The van der Waals surface area contributed by atoms with E-state index < -0.39 is 0 Å². The van der Waals surface area contributed by atoms with Crippen LogP contribution in [0.2, 0.25) is 0 Å². The molecule has 3 aromatic rings. The number of carbonyl (C=O) groups excluding carboxylic acids is 1. The Hall–Kier alpha value is -2.56. The first-order valence-electron chi connectivity index (χ1n) is 6.56. The number of para-hydroxylation sites is 1. The Morgan fingerprint density at radius 1 is 1.40 bits per heavy atom. The molecule has 5 nitrogen and oxygen atoms in total. The molecular weight excluding hydrogens is 254 g/mol. The third-order valence-corrected chi connectivity index (χ3v) is 3.12. The number of carbonyl (C=O) groups is 1. The number of nitrogens with one attached hydrogen (secondary N) is 2. The van der Waals surface area contributed by atoms with Crippen LogP contribution in [0.5, 0.6) is 0 Å². The fourth-order valence-electron chi connectivity index (χ4n) is 2.04. The van der Waals surface area contributed by atoms with E-state index in [0.717, 1.165) is 23.1 Å². The Bertz CT molecular complexity index is 709. The molecule has 102 valence electrons. The lowest BCUT2D eigenvalue weighted by Crippen LogP contribution is -2.23. The van der Waals surface area contributed by atoms with Crippen molar-refractivity contribution in [3.05, 3.63) is 53.9 Å². The first-order valence-corrected chi connectivity index (χ1v) is 6.56. The summed E-state index contributed by atoms with van der Waals surface area (Å²) < 4.78 is 5.44. The van der Waals surface area contributed by atoms with E-state index in [1.807, 2.05) is 37.3 Å². The Balaban J connectivity index is 1.69. The van der Waals surface area contributed by atoms with Gasteiger partial charge in [0.2, 0.25) is 5.89 Å². The first kappa shape index (κ1) is 12.5. The van der Waals surface area contributed by atoms with Crippen molar-refractivity contribution in [1.29, 1.82) is 0 Å². The Labute approximate surface area is 116 Å². The van der Waals surface area contributed by atoms with Gasteiger partial charge in [-0.1, -0.05) is 25.1 Å². The van der Waals surface area contributed by atoms with E-state index in [2.05, 4.69) is 15.3 Å². The highest BCUT2D eigenvalue weighted by Crippen LogP contribution is 2.14. The molecule has 0 aliphatic heterocycles. The third-order valence-electron chi connectivity index (χ3n) is 3.12. The van der Waals surface area contributed by atoms with Gasteiger partial charge in [-0.05, 0) is 12.1 Å². The highest BCUT2D eigenvalue weighted by molar-refractivity contribution is 5.97. The van der Waals surface area contributed by atoms with E-state index >= 15 is 0 Å². The lowest BCUT2D eigenvalue weighted by Gasteiger charge is -1.99. The molecule has 0 spiro atoms. The van der Waals surface area contributed by atoms with Gasteiger partial charge in [-0.3, -0.25) is 4.79 Å². The number of oxazole rings is 1. The van der Waals surface area contributed by atoms with E-state index in [1.54, 1.807) is 6.20 Å². The second-order valence-corrected chi connectivity index (χ2v) is 4.53. The smallest absolute Gasteiger partial charge is 0.268 e. The van der Waals surface area contributed by atoms with Gasteiger partial charge in [-0.25, -0.2) is 4.98 Å². The lowest BCUT2D eigenvalue weighted by atomic mass is 10.2. The number of hydrogen-bond donors (Lipinski definition) is 2. The molecule has 2 aromatic heterocycles. The van der Waals surface area contributed by atoms with Gasteiger partial charge in [0.05, 0.1) is 12.7 Å². The fourth-order valence-corrected chi connectivity index (χ4v) is 2.04. The molecule has 20 heavy (non-hydrogen) atoms. The van der Waals surface area contributed by atoms with Crippen LogP contribution in [0.25, 0.3) is 10.9 Å². The molecule has 0 atom stereocenters. The van der Waals surface area contributed by atoms with Crippen LogP contribution in [0.15, 0.2) is 40.9 Å². The van der Waals surface area contributed by atoms with Crippen molar-refractivity contribution in [2.75, 3.05) is 0 Å². The minimum absolute atomic E-state index is 0.169. The topological polar surface area (TPSA) is 70.9 Å². The van der Waals surface area contributed by atoms with E-state index in [0.29, 0.717) is 11.6 Å². The maximum absolute atomic E-state index is 12.1. The van der Waals surface area contributed by atoms with Gasteiger partial charge in [0, 0.05) is 17.3 Å². The van der Waals surface area contributed by atoms with Crippen LogP contribution in [-0.4, -0.2) is 15.9 Å². The molecule has 0 radical (unpaired) electrons. The van der Waals surface area contributed by atoms with Crippen LogP contribution >= 0.6 is 0 Å². The summed E-state index contributed by atoms with van der Waals surface area (Å²) in [7, 11) is 0. The molecule has 0 aliphatic rings. The highest BCUT2D eigenvalue weighted by Gasteiger charge is 2.10. The zero-order valence-electron chi connectivity index (χ0n) is 11.1. The van der Waals surface area contributed by atoms with Crippen molar-refractivity contribution in [1.82, 2.24) is 15.3 Å². The summed E-state index contributed by atoms with van der Waals surface area (Å²) in [6.07, 6.45) is 2.48. The number of benzene rings is 1. The van der Waals surface area contributed by atoms with E-state index in [-0.39, 0.29) is 12.5 Å². The average molecular weight is 269 g/mol. The van der Waals surface area contributed by atoms with E-state index in [4.69, 9.17) is 4.42 Å². The van der Waals surface area contributed by atoms with Crippen LogP contribution in [0.4, 0.5) is 0 Å².